The Labute approximate surface area is 156 Å². The molecule has 11 nitrogen and oxygen atoms in total. The Morgan fingerprint density at radius 3 is 1.58 bits per heavy atom. The molecule has 12 heteroatoms. The van der Waals surface area contributed by atoms with Gasteiger partial charge >= 0.3 is 8.80 Å². The molecule has 0 saturated heterocycles. The van der Waals surface area contributed by atoms with Crippen molar-refractivity contribution in [2.24, 2.45) is 11.5 Å². The molecule has 1 heterocycles. The zero-order valence-electron chi connectivity index (χ0n) is 16.0. The van der Waals surface area contributed by atoms with Gasteiger partial charge in [0.05, 0.1) is 19.0 Å². The molecule has 1 aromatic heterocycles. The molecule has 7 N–H and O–H groups in total. The van der Waals surface area contributed by atoms with E-state index in [1.165, 1.54) is 0 Å². The van der Waals surface area contributed by atoms with Crippen molar-refractivity contribution in [1.29, 1.82) is 0 Å². The molecule has 0 bridgehead atoms. The Morgan fingerprint density at radius 1 is 0.808 bits per heavy atom. The molecule has 0 aliphatic rings. The number of nitrogens with zero attached hydrogens (tertiary/aromatic N) is 3. The van der Waals surface area contributed by atoms with Gasteiger partial charge in [0.15, 0.2) is 0 Å². The average molecular weight is 389 g/mol. The molecular weight excluding hydrogens is 356 g/mol. The number of anilines is 3. The van der Waals surface area contributed by atoms with Crippen LogP contribution in [-0.2, 0) is 13.3 Å². The average Bonchev–Trinajstić information content (AvgIpc) is 2.60. The highest BCUT2D eigenvalue weighted by Gasteiger charge is 2.49. The first kappa shape index (κ1) is 22.5. The lowest BCUT2D eigenvalue weighted by Crippen LogP contribution is -2.59. The number of rotatable bonds is 14. The van der Waals surface area contributed by atoms with Crippen LogP contribution in [0.4, 0.5) is 17.8 Å². The molecule has 150 valence electrons. The van der Waals surface area contributed by atoms with Gasteiger partial charge in [-0.3, -0.25) is 0 Å². The first-order valence-electron chi connectivity index (χ1n) is 8.91. The standard InChI is InChI=1S/C14H32N8O3Si/c1-5-11(26(23-6-2,24-7-3)25-8-4)19-14-21-12(17-9-15)20-13(22-14)18-10-16/h11H,5-10,15-16H2,1-4H3,(H3,17,18,19,20,21,22). The van der Waals surface area contributed by atoms with E-state index >= 15 is 0 Å². The molecule has 0 fully saturated rings. The second kappa shape index (κ2) is 11.9. The predicted octanol–water partition coefficient (Wildman–Crippen LogP) is 0.306. The molecule has 1 aromatic rings. The summed E-state index contributed by atoms with van der Waals surface area (Å²) in [6, 6.07) is 0. The fourth-order valence-electron chi connectivity index (χ4n) is 2.41. The number of hydrogen-bond acceptors (Lipinski definition) is 11. The van der Waals surface area contributed by atoms with Crippen LogP contribution in [0.5, 0.6) is 0 Å². The molecule has 0 aromatic carbocycles. The van der Waals surface area contributed by atoms with E-state index in [0.29, 0.717) is 44.1 Å². The van der Waals surface area contributed by atoms with E-state index in [2.05, 4.69) is 30.9 Å². The minimum atomic E-state index is -2.98. The summed E-state index contributed by atoms with van der Waals surface area (Å²) in [6.07, 6.45) is 0.706. The SMILES string of the molecule is CCO[Si](OCC)(OCC)C(CC)Nc1nc(NCN)nc(NCN)n1. The van der Waals surface area contributed by atoms with Gasteiger partial charge in [-0.1, -0.05) is 6.92 Å². The third-order valence-electron chi connectivity index (χ3n) is 3.33. The topological polar surface area (TPSA) is 154 Å². The lowest BCUT2D eigenvalue weighted by atomic mass is 10.5. The maximum Gasteiger partial charge on any atom is 0.524 e. The van der Waals surface area contributed by atoms with E-state index in [-0.39, 0.29) is 19.0 Å². The van der Waals surface area contributed by atoms with Gasteiger partial charge in [-0.15, -0.1) is 0 Å². The summed E-state index contributed by atoms with van der Waals surface area (Å²) in [4.78, 5) is 12.9. The summed E-state index contributed by atoms with van der Waals surface area (Å²) in [6.45, 7) is 9.63. The molecule has 0 saturated carbocycles. The van der Waals surface area contributed by atoms with Gasteiger partial charge in [-0.2, -0.15) is 15.0 Å². The summed E-state index contributed by atoms with van der Waals surface area (Å²) < 4.78 is 17.9. The normalized spacial score (nSPS) is 12.7. The first-order valence-corrected chi connectivity index (χ1v) is 10.7. The maximum absolute atomic E-state index is 5.98. The van der Waals surface area contributed by atoms with Gasteiger partial charge in [0.1, 0.15) is 0 Å². The van der Waals surface area contributed by atoms with Crippen LogP contribution < -0.4 is 27.4 Å². The van der Waals surface area contributed by atoms with Gasteiger partial charge in [0.2, 0.25) is 17.8 Å². The van der Waals surface area contributed by atoms with Gasteiger partial charge in [0.25, 0.3) is 0 Å². The Morgan fingerprint density at radius 2 is 1.23 bits per heavy atom. The Balaban J connectivity index is 3.16. The van der Waals surface area contributed by atoms with Crippen LogP contribution in [0.3, 0.4) is 0 Å². The largest absolute Gasteiger partial charge is 0.524 e. The third-order valence-corrected chi connectivity index (χ3v) is 6.81. The zero-order valence-corrected chi connectivity index (χ0v) is 17.0. The second-order valence-corrected chi connectivity index (χ2v) is 7.85. The Bertz CT molecular complexity index is 484. The van der Waals surface area contributed by atoms with E-state index in [9.17, 15) is 0 Å². The quantitative estimate of drug-likeness (QED) is 0.221. The lowest BCUT2D eigenvalue weighted by Gasteiger charge is -2.35. The molecule has 1 atom stereocenters. The van der Waals surface area contributed by atoms with Crippen molar-refractivity contribution in [1.82, 2.24) is 15.0 Å². The van der Waals surface area contributed by atoms with E-state index < -0.39 is 8.80 Å². The number of hydrogen-bond donors (Lipinski definition) is 5. The van der Waals surface area contributed by atoms with Gasteiger partial charge in [0, 0.05) is 19.8 Å². The molecule has 0 aliphatic heterocycles. The van der Waals surface area contributed by atoms with Crippen LogP contribution in [0.25, 0.3) is 0 Å². The zero-order chi connectivity index (χ0) is 19.4. The van der Waals surface area contributed by atoms with E-state index in [4.69, 9.17) is 24.7 Å². The minimum absolute atomic E-state index is 0.193. The summed E-state index contributed by atoms with van der Waals surface area (Å²) in [5.74, 6) is 1.04. The van der Waals surface area contributed by atoms with Crippen LogP contribution in [-0.4, -0.2) is 62.6 Å². The number of nitrogens with two attached hydrogens (primary N) is 2. The highest BCUT2D eigenvalue weighted by molar-refractivity contribution is 6.63. The molecule has 0 amide bonds. The molecule has 0 spiro atoms. The highest BCUT2D eigenvalue weighted by Crippen LogP contribution is 2.21. The summed E-state index contributed by atoms with van der Waals surface area (Å²) in [7, 11) is -2.98. The maximum atomic E-state index is 5.98. The summed E-state index contributed by atoms with van der Waals surface area (Å²) in [5, 5.41) is 9.01. The minimum Gasteiger partial charge on any atom is -0.373 e. The Hall–Kier alpha value is -1.57. The number of nitrogens with one attached hydrogen (secondary N) is 3. The number of aromatic nitrogens is 3. The second-order valence-electron chi connectivity index (χ2n) is 5.08. The smallest absolute Gasteiger partial charge is 0.373 e. The monoisotopic (exact) mass is 388 g/mol. The van der Waals surface area contributed by atoms with Gasteiger partial charge < -0.3 is 40.7 Å². The van der Waals surface area contributed by atoms with E-state index in [1.807, 2.05) is 27.7 Å². The summed E-state index contributed by atoms with van der Waals surface area (Å²) in [5.41, 5.74) is 10.8. The van der Waals surface area contributed by atoms with Gasteiger partial charge in [-0.05, 0) is 27.2 Å². The van der Waals surface area contributed by atoms with Crippen molar-refractivity contribution in [2.45, 2.75) is 39.8 Å². The van der Waals surface area contributed by atoms with Crippen LogP contribution >= 0.6 is 0 Å². The van der Waals surface area contributed by atoms with Crippen molar-refractivity contribution >= 4 is 26.6 Å². The molecule has 0 radical (unpaired) electrons. The molecule has 1 rings (SSSR count). The van der Waals surface area contributed by atoms with Crippen LogP contribution in [0.2, 0.25) is 0 Å². The predicted molar refractivity (Wildman–Crippen MR) is 104 cm³/mol. The van der Waals surface area contributed by atoms with Crippen molar-refractivity contribution in [3.8, 4) is 0 Å². The molecular formula is C14H32N8O3Si. The van der Waals surface area contributed by atoms with E-state index in [1.54, 1.807) is 0 Å². The van der Waals surface area contributed by atoms with Crippen LogP contribution in [0.15, 0.2) is 0 Å². The summed E-state index contributed by atoms with van der Waals surface area (Å²) >= 11 is 0. The fraction of sp³-hybridized carbons (Fsp3) is 0.786. The van der Waals surface area contributed by atoms with Crippen molar-refractivity contribution in [3.63, 3.8) is 0 Å². The first-order chi connectivity index (χ1) is 12.6. The van der Waals surface area contributed by atoms with Gasteiger partial charge in [-0.25, -0.2) is 0 Å². The van der Waals surface area contributed by atoms with Crippen molar-refractivity contribution in [2.75, 3.05) is 49.1 Å². The van der Waals surface area contributed by atoms with Crippen molar-refractivity contribution < 1.29 is 13.3 Å². The van der Waals surface area contributed by atoms with E-state index in [0.717, 1.165) is 0 Å². The molecule has 0 aliphatic carbocycles. The van der Waals surface area contributed by atoms with Crippen LogP contribution in [0, 0.1) is 0 Å². The van der Waals surface area contributed by atoms with Crippen molar-refractivity contribution in [3.05, 3.63) is 0 Å². The fourth-order valence-corrected chi connectivity index (χ4v) is 5.27. The highest BCUT2D eigenvalue weighted by atomic mass is 28.4. The third kappa shape index (κ3) is 6.30. The van der Waals surface area contributed by atoms with Crippen LogP contribution in [0.1, 0.15) is 34.1 Å². The Kier molecular flexibility index (Phi) is 10.3. The lowest BCUT2D eigenvalue weighted by molar-refractivity contribution is 0.0638. The molecule has 26 heavy (non-hydrogen) atoms. The molecule has 1 unspecified atom stereocenters.